The number of rotatable bonds is 2. The largest absolute Gasteiger partial charge is 0.399 e. The minimum atomic E-state index is -4.38. The van der Waals surface area contributed by atoms with Gasteiger partial charge >= 0.3 is 6.18 Å². The van der Waals surface area contributed by atoms with Gasteiger partial charge in [-0.05, 0) is 48.2 Å². The number of nitrogens with two attached hydrogens (primary N) is 2. The van der Waals surface area contributed by atoms with Crippen LogP contribution in [0.25, 0.3) is 0 Å². The van der Waals surface area contributed by atoms with Crippen molar-refractivity contribution in [1.29, 1.82) is 0 Å². The molecule has 0 spiro atoms. The van der Waals surface area contributed by atoms with Gasteiger partial charge in [-0.25, -0.2) is 0 Å². The van der Waals surface area contributed by atoms with E-state index in [1.807, 2.05) is 0 Å². The SMILES string of the molecule is Cc1cc(C(c2ccc(N)c(C)c2)C(F)(F)F)ccc1N. The molecule has 0 aliphatic rings. The molecule has 2 rings (SSSR count). The van der Waals surface area contributed by atoms with Crippen LogP contribution in [0.2, 0.25) is 0 Å². The monoisotopic (exact) mass is 294 g/mol. The molecule has 4 N–H and O–H groups in total. The van der Waals surface area contributed by atoms with Crippen molar-refractivity contribution in [3.05, 3.63) is 58.7 Å². The van der Waals surface area contributed by atoms with Gasteiger partial charge < -0.3 is 11.5 Å². The molecule has 0 fully saturated rings. The Morgan fingerprint density at radius 1 is 0.810 bits per heavy atom. The molecule has 0 bridgehead atoms. The number of hydrogen-bond acceptors (Lipinski definition) is 2. The van der Waals surface area contributed by atoms with E-state index in [4.69, 9.17) is 11.5 Å². The fourth-order valence-corrected chi connectivity index (χ4v) is 2.33. The summed E-state index contributed by atoms with van der Waals surface area (Å²) < 4.78 is 40.5. The molecule has 0 radical (unpaired) electrons. The molecule has 21 heavy (non-hydrogen) atoms. The van der Waals surface area contributed by atoms with Crippen LogP contribution in [0.1, 0.15) is 28.2 Å². The van der Waals surface area contributed by atoms with Crippen LogP contribution in [0.5, 0.6) is 0 Å². The van der Waals surface area contributed by atoms with E-state index in [0.717, 1.165) is 0 Å². The van der Waals surface area contributed by atoms with Crippen LogP contribution in [0.15, 0.2) is 36.4 Å². The highest BCUT2D eigenvalue weighted by atomic mass is 19.4. The van der Waals surface area contributed by atoms with E-state index in [2.05, 4.69) is 0 Å². The third kappa shape index (κ3) is 3.12. The molecule has 0 aliphatic heterocycles. The molecule has 0 amide bonds. The normalized spacial score (nSPS) is 11.9. The lowest BCUT2D eigenvalue weighted by atomic mass is 9.88. The van der Waals surface area contributed by atoms with Crippen molar-refractivity contribution in [3.8, 4) is 0 Å². The molecular formula is C16H17F3N2. The number of aryl methyl sites for hydroxylation is 2. The first kappa shape index (κ1) is 15.2. The summed E-state index contributed by atoms with van der Waals surface area (Å²) in [7, 11) is 0. The lowest BCUT2D eigenvalue weighted by Gasteiger charge is -2.22. The van der Waals surface area contributed by atoms with Gasteiger partial charge in [-0.1, -0.05) is 24.3 Å². The number of anilines is 2. The molecule has 0 unspecified atom stereocenters. The standard InChI is InChI=1S/C16H17F3N2/c1-9-7-11(3-5-13(9)20)15(16(17,18)19)12-4-6-14(21)10(2)8-12/h3-8,15H,20-21H2,1-2H3. The Morgan fingerprint density at radius 3 is 1.48 bits per heavy atom. The summed E-state index contributed by atoms with van der Waals surface area (Å²) in [5.74, 6) is -1.68. The highest BCUT2D eigenvalue weighted by molar-refractivity contribution is 5.53. The zero-order valence-corrected chi connectivity index (χ0v) is 11.8. The lowest BCUT2D eigenvalue weighted by molar-refractivity contribution is -0.141. The molecular weight excluding hydrogens is 277 g/mol. The minimum absolute atomic E-state index is 0.179. The van der Waals surface area contributed by atoms with Crippen LogP contribution in [-0.2, 0) is 0 Å². The Kier molecular flexibility index (Phi) is 3.85. The molecule has 0 aromatic heterocycles. The summed E-state index contributed by atoms with van der Waals surface area (Å²) in [6.45, 7) is 3.39. The molecule has 0 aliphatic carbocycles. The summed E-state index contributed by atoms with van der Waals surface area (Å²) in [6.07, 6.45) is -4.38. The number of nitrogen functional groups attached to an aromatic ring is 2. The first-order valence-corrected chi connectivity index (χ1v) is 6.49. The molecule has 2 nitrogen and oxygen atoms in total. The second-order valence-corrected chi connectivity index (χ2v) is 5.21. The van der Waals surface area contributed by atoms with Crippen LogP contribution < -0.4 is 11.5 Å². The number of hydrogen-bond donors (Lipinski definition) is 2. The maximum Gasteiger partial charge on any atom is 0.399 e. The van der Waals surface area contributed by atoms with Gasteiger partial charge in [0.2, 0.25) is 0 Å². The molecule has 2 aromatic rings. The second kappa shape index (κ2) is 5.31. The van der Waals surface area contributed by atoms with Crippen LogP contribution in [0.4, 0.5) is 24.5 Å². The van der Waals surface area contributed by atoms with E-state index in [1.54, 1.807) is 13.8 Å². The van der Waals surface area contributed by atoms with Crippen LogP contribution in [0, 0.1) is 13.8 Å². The maximum absolute atomic E-state index is 13.5. The lowest BCUT2D eigenvalue weighted by Crippen LogP contribution is -2.22. The van der Waals surface area contributed by atoms with E-state index < -0.39 is 12.1 Å². The van der Waals surface area contributed by atoms with Gasteiger partial charge in [0, 0.05) is 11.4 Å². The first-order valence-electron chi connectivity index (χ1n) is 6.49. The number of alkyl halides is 3. The zero-order chi connectivity index (χ0) is 15.8. The Morgan fingerprint density at radius 2 is 1.19 bits per heavy atom. The predicted molar refractivity (Wildman–Crippen MR) is 79.1 cm³/mol. The quantitative estimate of drug-likeness (QED) is 0.817. The van der Waals surface area contributed by atoms with Crippen molar-refractivity contribution in [2.45, 2.75) is 25.9 Å². The zero-order valence-electron chi connectivity index (χ0n) is 11.8. The van der Waals surface area contributed by atoms with E-state index >= 15 is 0 Å². The number of halogens is 3. The summed E-state index contributed by atoms with van der Waals surface area (Å²) >= 11 is 0. The van der Waals surface area contributed by atoms with E-state index in [1.165, 1.54) is 36.4 Å². The van der Waals surface area contributed by atoms with Crippen LogP contribution >= 0.6 is 0 Å². The van der Waals surface area contributed by atoms with Crippen molar-refractivity contribution in [3.63, 3.8) is 0 Å². The number of benzene rings is 2. The average molecular weight is 294 g/mol. The topological polar surface area (TPSA) is 52.0 Å². The Labute approximate surface area is 121 Å². The van der Waals surface area contributed by atoms with Crippen LogP contribution in [-0.4, -0.2) is 6.18 Å². The van der Waals surface area contributed by atoms with Gasteiger partial charge in [0.05, 0.1) is 0 Å². The Balaban J connectivity index is 2.58. The summed E-state index contributed by atoms with van der Waals surface area (Å²) in [5, 5.41) is 0. The van der Waals surface area contributed by atoms with Crippen molar-refractivity contribution >= 4 is 11.4 Å². The third-order valence-electron chi connectivity index (χ3n) is 3.58. The van der Waals surface area contributed by atoms with Crippen molar-refractivity contribution in [1.82, 2.24) is 0 Å². The first-order chi connectivity index (χ1) is 9.70. The van der Waals surface area contributed by atoms with E-state index in [0.29, 0.717) is 22.5 Å². The minimum Gasteiger partial charge on any atom is -0.399 e. The van der Waals surface area contributed by atoms with Gasteiger partial charge in [-0.2, -0.15) is 13.2 Å². The molecule has 0 saturated heterocycles. The average Bonchev–Trinajstić information content (AvgIpc) is 2.37. The summed E-state index contributed by atoms with van der Waals surface area (Å²) in [4.78, 5) is 0. The fourth-order valence-electron chi connectivity index (χ4n) is 2.33. The Bertz CT molecular complexity index is 612. The predicted octanol–water partition coefficient (Wildman–Crippen LogP) is 4.16. The summed E-state index contributed by atoms with van der Waals surface area (Å²) in [6, 6.07) is 8.83. The highest BCUT2D eigenvalue weighted by Crippen LogP contribution is 2.41. The van der Waals surface area contributed by atoms with E-state index in [9.17, 15) is 13.2 Å². The van der Waals surface area contributed by atoms with Crippen molar-refractivity contribution in [2.24, 2.45) is 0 Å². The smallest absolute Gasteiger partial charge is 0.399 e. The molecule has 112 valence electrons. The third-order valence-corrected chi connectivity index (χ3v) is 3.58. The molecule has 0 saturated carbocycles. The van der Waals surface area contributed by atoms with Crippen molar-refractivity contribution < 1.29 is 13.2 Å². The van der Waals surface area contributed by atoms with Gasteiger partial charge in [0.15, 0.2) is 0 Å². The van der Waals surface area contributed by atoms with Gasteiger partial charge in [-0.3, -0.25) is 0 Å². The van der Waals surface area contributed by atoms with Crippen LogP contribution in [0.3, 0.4) is 0 Å². The molecule has 2 aromatic carbocycles. The van der Waals surface area contributed by atoms with Crippen molar-refractivity contribution in [2.75, 3.05) is 11.5 Å². The molecule has 5 heteroatoms. The molecule has 0 atom stereocenters. The second-order valence-electron chi connectivity index (χ2n) is 5.21. The fraction of sp³-hybridized carbons (Fsp3) is 0.250. The van der Waals surface area contributed by atoms with E-state index in [-0.39, 0.29) is 11.1 Å². The van der Waals surface area contributed by atoms with Gasteiger partial charge in [0.25, 0.3) is 0 Å². The Hall–Kier alpha value is -2.17. The summed E-state index contributed by atoms with van der Waals surface area (Å²) in [5.41, 5.74) is 13.9. The maximum atomic E-state index is 13.5. The van der Waals surface area contributed by atoms with Gasteiger partial charge in [-0.15, -0.1) is 0 Å². The van der Waals surface area contributed by atoms with Gasteiger partial charge in [0.1, 0.15) is 5.92 Å². The highest BCUT2D eigenvalue weighted by Gasteiger charge is 2.42. The molecule has 0 heterocycles.